The third-order valence-corrected chi connectivity index (χ3v) is 8.01. The molecule has 1 aliphatic rings. The molecule has 0 spiro atoms. The standard InChI is InChI=1S/C20H27N3O4S2/c1-15(18-9-6-12-27-18)22-19(24)14-28-20-11-10-17(13-21-20)29(25,26)23(2)16-7-4-3-5-8-16/h6,9-13,15-16H,3-5,7-8,14H2,1-2H3,(H,22,24). The summed E-state index contributed by atoms with van der Waals surface area (Å²) in [6.07, 6.45) is 8.06. The number of hydrogen-bond acceptors (Lipinski definition) is 6. The van der Waals surface area contributed by atoms with Gasteiger partial charge in [-0.05, 0) is 44.0 Å². The van der Waals surface area contributed by atoms with Gasteiger partial charge in [0.2, 0.25) is 15.9 Å². The van der Waals surface area contributed by atoms with Gasteiger partial charge in [-0.3, -0.25) is 4.79 Å². The Balaban J connectivity index is 1.54. The Labute approximate surface area is 176 Å². The van der Waals surface area contributed by atoms with E-state index in [1.165, 1.54) is 28.7 Å². The second-order valence-electron chi connectivity index (χ2n) is 7.24. The molecule has 0 radical (unpaired) electrons. The van der Waals surface area contributed by atoms with Crippen molar-refractivity contribution in [3.05, 3.63) is 42.5 Å². The largest absolute Gasteiger partial charge is 0.467 e. The van der Waals surface area contributed by atoms with Gasteiger partial charge < -0.3 is 9.73 Å². The number of nitrogens with zero attached hydrogens (tertiary/aromatic N) is 2. The number of thioether (sulfide) groups is 1. The number of rotatable bonds is 8. The van der Waals surface area contributed by atoms with Crippen molar-refractivity contribution in [1.29, 1.82) is 0 Å². The Bertz CT molecular complexity index is 892. The van der Waals surface area contributed by atoms with Gasteiger partial charge >= 0.3 is 0 Å². The van der Waals surface area contributed by atoms with Gasteiger partial charge in [0.05, 0.1) is 23.1 Å². The third kappa shape index (κ3) is 5.61. The first-order chi connectivity index (χ1) is 13.9. The Morgan fingerprint density at radius 1 is 1.31 bits per heavy atom. The molecule has 7 nitrogen and oxygen atoms in total. The topological polar surface area (TPSA) is 92.5 Å². The monoisotopic (exact) mass is 437 g/mol. The lowest BCUT2D eigenvalue weighted by Gasteiger charge is -2.30. The summed E-state index contributed by atoms with van der Waals surface area (Å²) < 4.78 is 32.5. The van der Waals surface area contributed by atoms with Crippen LogP contribution in [0.1, 0.15) is 50.8 Å². The molecule has 1 saturated carbocycles. The van der Waals surface area contributed by atoms with E-state index in [0.29, 0.717) is 10.8 Å². The van der Waals surface area contributed by atoms with Crippen LogP contribution >= 0.6 is 11.8 Å². The van der Waals surface area contributed by atoms with E-state index < -0.39 is 10.0 Å². The van der Waals surface area contributed by atoms with Crippen molar-refractivity contribution in [2.45, 2.75) is 61.0 Å². The molecule has 1 aliphatic carbocycles. The highest BCUT2D eigenvalue weighted by Gasteiger charge is 2.29. The SMILES string of the molecule is CC(NC(=O)CSc1ccc(S(=O)(=O)N(C)C2CCCCC2)cn1)c1ccco1. The number of carbonyl (C=O) groups is 1. The van der Waals surface area contributed by atoms with Crippen molar-refractivity contribution in [2.24, 2.45) is 0 Å². The molecule has 0 aliphatic heterocycles. The van der Waals surface area contributed by atoms with Crippen LogP contribution in [-0.4, -0.2) is 42.5 Å². The molecule has 29 heavy (non-hydrogen) atoms. The number of aromatic nitrogens is 1. The third-order valence-electron chi connectivity index (χ3n) is 5.17. The number of amides is 1. The highest BCUT2D eigenvalue weighted by Crippen LogP contribution is 2.27. The van der Waals surface area contributed by atoms with E-state index in [1.54, 1.807) is 31.5 Å². The quantitative estimate of drug-likeness (QED) is 0.635. The zero-order chi connectivity index (χ0) is 20.9. The summed E-state index contributed by atoms with van der Waals surface area (Å²) in [5.74, 6) is 0.735. The smallest absolute Gasteiger partial charge is 0.244 e. The summed E-state index contributed by atoms with van der Waals surface area (Å²) in [5, 5.41) is 3.46. The van der Waals surface area contributed by atoms with Crippen molar-refractivity contribution in [2.75, 3.05) is 12.8 Å². The number of furan rings is 1. The average Bonchev–Trinajstić information content (AvgIpc) is 3.28. The molecule has 1 N–H and O–H groups in total. The van der Waals surface area contributed by atoms with Gasteiger partial charge in [0.1, 0.15) is 10.7 Å². The number of carbonyl (C=O) groups excluding carboxylic acids is 1. The van der Waals surface area contributed by atoms with Gasteiger partial charge in [-0.25, -0.2) is 13.4 Å². The van der Waals surface area contributed by atoms with E-state index in [1.807, 2.05) is 13.0 Å². The van der Waals surface area contributed by atoms with Gasteiger partial charge in [0.25, 0.3) is 0 Å². The Morgan fingerprint density at radius 2 is 2.07 bits per heavy atom. The van der Waals surface area contributed by atoms with Gasteiger partial charge in [-0.1, -0.05) is 31.0 Å². The summed E-state index contributed by atoms with van der Waals surface area (Å²) in [6, 6.07) is 6.64. The van der Waals surface area contributed by atoms with Crippen LogP contribution in [0.5, 0.6) is 0 Å². The van der Waals surface area contributed by atoms with Crippen LogP contribution in [0.4, 0.5) is 0 Å². The van der Waals surface area contributed by atoms with Gasteiger partial charge in [0.15, 0.2) is 0 Å². The minimum atomic E-state index is -3.56. The van der Waals surface area contributed by atoms with E-state index in [0.717, 1.165) is 25.7 Å². The fourth-order valence-corrected chi connectivity index (χ4v) is 5.46. The second-order valence-corrected chi connectivity index (χ2v) is 10.2. The van der Waals surface area contributed by atoms with Crippen LogP contribution in [0.2, 0.25) is 0 Å². The Kier molecular flexibility index (Phi) is 7.37. The maximum absolute atomic E-state index is 12.8. The lowest BCUT2D eigenvalue weighted by molar-refractivity contribution is -0.119. The predicted octanol–water partition coefficient (Wildman–Crippen LogP) is 3.60. The number of nitrogens with one attached hydrogen (secondary N) is 1. The number of hydrogen-bond donors (Lipinski definition) is 1. The van der Waals surface area contributed by atoms with E-state index in [9.17, 15) is 13.2 Å². The second kappa shape index (κ2) is 9.77. The zero-order valence-corrected chi connectivity index (χ0v) is 18.3. The molecular formula is C20H27N3O4S2. The lowest BCUT2D eigenvalue weighted by Crippen LogP contribution is -2.38. The van der Waals surface area contributed by atoms with Crippen LogP contribution in [0.3, 0.4) is 0 Å². The fourth-order valence-electron chi connectivity index (χ4n) is 3.44. The van der Waals surface area contributed by atoms with Gasteiger partial charge in [-0.15, -0.1) is 0 Å². The van der Waals surface area contributed by atoms with Crippen LogP contribution in [-0.2, 0) is 14.8 Å². The van der Waals surface area contributed by atoms with Crippen molar-refractivity contribution in [3.63, 3.8) is 0 Å². The molecule has 1 amide bonds. The summed E-state index contributed by atoms with van der Waals surface area (Å²) in [6.45, 7) is 1.85. The molecule has 2 heterocycles. The molecule has 2 aromatic rings. The molecule has 0 aromatic carbocycles. The Hall–Kier alpha value is -1.84. The summed E-state index contributed by atoms with van der Waals surface area (Å²) in [4.78, 5) is 16.5. The van der Waals surface area contributed by atoms with E-state index in [-0.39, 0.29) is 28.6 Å². The Morgan fingerprint density at radius 3 is 2.69 bits per heavy atom. The summed E-state index contributed by atoms with van der Waals surface area (Å²) in [7, 11) is -1.90. The highest BCUT2D eigenvalue weighted by atomic mass is 32.2. The van der Waals surface area contributed by atoms with E-state index in [2.05, 4.69) is 10.3 Å². The molecule has 0 bridgehead atoms. The number of sulfonamides is 1. The molecular weight excluding hydrogens is 410 g/mol. The minimum Gasteiger partial charge on any atom is -0.467 e. The maximum Gasteiger partial charge on any atom is 0.244 e. The average molecular weight is 438 g/mol. The summed E-state index contributed by atoms with van der Waals surface area (Å²) in [5.41, 5.74) is 0. The first-order valence-corrected chi connectivity index (χ1v) is 12.2. The number of pyridine rings is 1. The lowest BCUT2D eigenvalue weighted by atomic mass is 9.96. The summed E-state index contributed by atoms with van der Waals surface area (Å²) >= 11 is 1.26. The maximum atomic E-state index is 12.8. The van der Waals surface area contributed by atoms with Gasteiger partial charge in [-0.2, -0.15) is 4.31 Å². The molecule has 0 saturated heterocycles. The van der Waals surface area contributed by atoms with Crippen LogP contribution in [0.25, 0.3) is 0 Å². The molecule has 1 unspecified atom stereocenters. The highest BCUT2D eigenvalue weighted by molar-refractivity contribution is 7.99. The van der Waals surface area contributed by atoms with Crippen molar-refractivity contribution in [1.82, 2.24) is 14.6 Å². The van der Waals surface area contributed by atoms with E-state index >= 15 is 0 Å². The van der Waals surface area contributed by atoms with E-state index in [4.69, 9.17) is 4.42 Å². The van der Waals surface area contributed by atoms with Crippen LogP contribution in [0, 0.1) is 0 Å². The normalized spacial score (nSPS) is 16.7. The molecule has 9 heteroatoms. The molecule has 158 valence electrons. The van der Waals surface area contributed by atoms with Gasteiger partial charge in [0, 0.05) is 19.3 Å². The first-order valence-electron chi connectivity index (χ1n) is 9.77. The van der Waals surface area contributed by atoms with Crippen molar-refractivity contribution in [3.8, 4) is 0 Å². The predicted molar refractivity (Wildman–Crippen MR) is 112 cm³/mol. The van der Waals surface area contributed by atoms with Crippen LogP contribution < -0.4 is 5.32 Å². The first kappa shape index (κ1) is 21.9. The molecule has 3 rings (SSSR count). The van der Waals surface area contributed by atoms with Crippen LogP contribution in [0.15, 0.2) is 51.1 Å². The fraction of sp³-hybridized carbons (Fsp3) is 0.500. The zero-order valence-electron chi connectivity index (χ0n) is 16.7. The molecule has 1 fully saturated rings. The molecule has 1 atom stereocenters. The molecule has 2 aromatic heterocycles. The minimum absolute atomic E-state index is 0.0580. The van der Waals surface area contributed by atoms with Crippen molar-refractivity contribution < 1.29 is 17.6 Å². The van der Waals surface area contributed by atoms with Crippen molar-refractivity contribution >= 4 is 27.7 Å².